The van der Waals surface area contributed by atoms with E-state index in [1.54, 1.807) is 42.5 Å². The summed E-state index contributed by atoms with van der Waals surface area (Å²) in [6.07, 6.45) is -5.29. The van der Waals surface area contributed by atoms with Gasteiger partial charge in [0.1, 0.15) is 0 Å². The van der Waals surface area contributed by atoms with Crippen LogP contribution in [0.4, 0.5) is 18.9 Å². The quantitative estimate of drug-likeness (QED) is 0.712. The minimum atomic E-state index is -4.29. The molecule has 0 saturated heterocycles. The van der Waals surface area contributed by atoms with E-state index in [-0.39, 0.29) is 0 Å². The normalized spacial score (nSPS) is 13.0. The third-order valence-electron chi connectivity index (χ3n) is 2.90. The van der Waals surface area contributed by atoms with E-state index < -0.39 is 18.6 Å². The smallest absolute Gasteiger partial charge is 0.377 e. The summed E-state index contributed by atoms with van der Waals surface area (Å²) in [4.78, 5) is 0. The Morgan fingerprint density at radius 3 is 2.29 bits per heavy atom. The van der Waals surface area contributed by atoms with E-state index in [1.807, 2.05) is 0 Å². The van der Waals surface area contributed by atoms with Gasteiger partial charge in [-0.1, -0.05) is 53.5 Å². The minimum absolute atomic E-state index is 0.322. The van der Waals surface area contributed by atoms with E-state index >= 15 is 0 Å². The summed E-state index contributed by atoms with van der Waals surface area (Å²) in [5.74, 6) is 0. The number of anilines is 1. The largest absolute Gasteiger partial charge is 0.391 e. The second kappa shape index (κ2) is 6.58. The first-order valence-electron chi connectivity index (χ1n) is 6.18. The topological polar surface area (TPSA) is 12.0 Å². The van der Waals surface area contributed by atoms with Gasteiger partial charge in [-0.05, 0) is 23.8 Å². The van der Waals surface area contributed by atoms with Crippen LogP contribution in [-0.2, 0) is 0 Å². The van der Waals surface area contributed by atoms with Gasteiger partial charge >= 0.3 is 6.18 Å². The van der Waals surface area contributed by atoms with Crippen molar-refractivity contribution in [2.45, 2.75) is 18.6 Å². The molecule has 0 aliphatic rings. The van der Waals surface area contributed by atoms with E-state index in [0.717, 1.165) is 0 Å². The van der Waals surface area contributed by atoms with Gasteiger partial charge in [-0.15, -0.1) is 0 Å². The molecule has 0 saturated carbocycles. The van der Waals surface area contributed by atoms with Crippen LogP contribution in [0, 0.1) is 0 Å². The Labute approximate surface area is 130 Å². The molecular weight excluding hydrogens is 322 g/mol. The second-order valence-electron chi connectivity index (χ2n) is 4.55. The molecule has 6 heteroatoms. The zero-order valence-electron chi connectivity index (χ0n) is 10.8. The average Bonchev–Trinajstić information content (AvgIpc) is 2.42. The molecule has 0 aliphatic carbocycles. The Bertz CT molecular complexity index is 600. The van der Waals surface area contributed by atoms with Crippen LogP contribution in [0.2, 0.25) is 10.0 Å². The molecule has 2 rings (SSSR count). The fourth-order valence-corrected chi connectivity index (χ4v) is 2.31. The molecule has 112 valence electrons. The van der Waals surface area contributed by atoms with Crippen molar-refractivity contribution in [3.8, 4) is 0 Å². The zero-order valence-corrected chi connectivity index (χ0v) is 12.3. The Hall–Kier alpha value is -1.39. The van der Waals surface area contributed by atoms with Crippen LogP contribution in [0.25, 0.3) is 0 Å². The van der Waals surface area contributed by atoms with Crippen LogP contribution in [0.15, 0.2) is 48.5 Å². The van der Waals surface area contributed by atoms with Gasteiger partial charge in [0.15, 0.2) is 0 Å². The molecule has 1 nitrogen and oxygen atoms in total. The lowest BCUT2D eigenvalue weighted by Gasteiger charge is -2.22. The van der Waals surface area contributed by atoms with Crippen LogP contribution >= 0.6 is 23.2 Å². The highest BCUT2D eigenvalue weighted by molar-refractivity contribution is 6.35. The Morgan fingerprint density at radius 2 is 1.67 bits per heavy atom. The molecule has 0 bridgehead atoms. The van der Waals surface area contributed by atoms with Crippen molar-refractivity contribution in [1.82, 2.24) is 0 Å². The first-order valence-corrected chi connectivity index (χ1v) is 6.94. The number of rotatable bonds is 4. The van der Waals surface area contributed by atoms with Gasteiger partial charge in [0.2, 0.25) is 0 Å². The standard InChI is InChI=1S/C15H12Cl2F3N/c16-11-6-7-12(17)13(8-11)21-14(9-15(18,19)20)10-4-2-1-3-5-10/h1-8,14,21H,9H2. The number of hydrogen-bond donors (Lipinski definition) is 1. The number of benzene rings is 2. The summed E-state index contributed by atoms with van der Waals surface area (Å²) in [5, 5.41) is 3.55. The minimum Gasteiger partial charge on any atom is -0.377 e. The van der Waals surface area contributed by atoms with E-state index in [4.69, 9.17) is 23.2 Å². The van der Waals surface area contributed by atoms with Crippen LogP contribution < -0.4 is 5.32 Å². The molecule has 0 aromatic heterocycles. The molecule has 0 fully saturated rings. The molecule has 1 atom stereocenters. The van der Waals surface area contributed by atoms with Gasteiger partial charge in [0.25, 0.3) is 0 Å². The lowest BCUT2D eigenvalue weighted by Crippen LogP contribution is -2.20. The predicted octanol–water partition coefficient (Wildman–Crippen LogP) is 6.10. The molecule has 0 aliphatic heterocycles. The Kier molecular flexibility index (Phi) is 5.01. The van der Waals surface area contributed by atoms with Crippen molar-refractivity contribution < 1.29 is 13.2 Å². The molecule has 1 N–H and O–H groups in total. The molecule has 0 spiro atoms. The molecule has 0 radical (unpaired) electrons. The summed E-state index contributed by atoms with van der Waals surface area (Å²) in [6, 6.07) is 12.1. The number of alkyl halides is 3. The maximum absolute atomic E-state index is 12.8. The summed E-state index contributed by atoms with van der Waals surface area (Å²) in [7, 11) is 0. The third-order valence-corrected chi connectivity index (χ3v) is 3.46. The highest BCUT2D eigenvalue weighted by Gasteiger charge is 2.32. The predicted molar refractivity (Wildman–Crippen MR) is 79.9 cm³/mol. The molecule has 0 amide bonds. The SMILES string of the molecule is FC(F)(F)CC(Nc1cc(Cl)ccc1Cl)c1ccccc1. The van der Waals surface area contributed by atoms with Crippen LogP contribution in [0.1, 0.15) is 18.0 Å². The van der Waals surface area contributed by atoms with Crippen molar-refractivity contribution >= 4 is 28.9 Å². The fraction of sp³-hybridized carbons (Fsp3) is 0.200. The van der Waals surface area contributed by atoms with Gasteiger partial charge in [0.05, 0.1) is 23.2 Å². The fourth-order valence-electron chi connectivity index (χ4n) is 1.96. The van der Waals surface area contributed by atoms with Gasteiger partial charge < -0.3 is 5.32 Å². The van der Waals surface area contributed by atoms with Gasteiger partial charge in [-0.25, -0.2) is 0 Å². The Morgan fingerprint density at radius 1 is 1.00 bits per heavy atom. The molecular formula is C15H12Cl2F3N. The number of hydrogen-bond acceptors (Lipinski definition) is 1. The monoisotopic (exact) mass is 333 g/mol. The summed E-state index contributed by atoms with van der Waals surface area (Å²) in [5.41, 5.74) is 0.910. The molecule has 21 heavy (non-hydrogen) atoms. The number of nitrogens with one attached hydrogen (secondary N) is 1. The van der Waals surface area contributed by atoms with Crippen LogP contribution in [0.3, 0.4) is 0 Å². The first-order chi connectivity index (χ1) is 9.85. The zero-order chi connectivity index (χ0) is 15.5. The summed E-state index contributed by atoms with van der Waals surface area (Å²) < 4.78 is 38.3. The average molecular weight is 334 g/mol. The van der Waals surface area contributed by atoms with Crippen molar-refractivity contribution in [3.05, 3.63) is 64.1 Å². The van der Waals surface area contributed by atoms with Crippen molar-refractivity contribution in [3.63, 3.8) is 0 Å². The highest BCUT2D eigenvalue weighted by atomic mass is 35.5. The van der Waals surface area contributed by atoms with Crippen molar-refractivity contribution in [2.75, 3.05) is 5.32 Å². The van der Waals surface area contributed by atoms with Crippen molar-refractivity contribution in [2.24, 2.45) is 0 Å². The van der Waals surface area contributed by atoms with Crippen LogP contribution in [0.5, 0.6) is 0 Å². The third kappa shape index (κ3) is 4.83. The second-order valence-corrected chi connectivity index (χ2v) is 5.39. The lowest BCUT2D eigenvalue weighted by molar-refractivity contribution is -0.137. The molecule has 0 heterocycles. The Balaban J connectivity index is 2.30. The van der Waals surface area contributed by atoms with E-state index in [2.05, 4.69) is 5.32 Å². The maximum Gasteiger partial charge on any atom is 0.391 e. The summed E-state index contributed by atoms with van der Waals surface area (Å²) in [6.45, 7) is 0. The van der Waals surface area contributed by atoms with Crippen LogP contribution in [-0.4, -0.2) is 6.18 Å². The van der Waals surface area contributed by atoms with E-state index in [9.17, 15) is 13.2 Å². The van der Waals surface area contributed by atoms with Gasteiger partial charge in [-0.3, -0.25) is 0 Å². The van der Waals surface area contributed by atoms with Crippen molar-refractivity contribution in [1.29, 1.82) is 0 Å². The highest BCUT2D eigenvalue weighted by Crippen LogP contribution is 2.35. The van der Waals surface area contributed by atoms with E-state index in [0.29, 0.717) is 21.3 Å². The molecule has 2 aromatic rings. The van der Waals surface area contributed by atoms with E-state index in [1.165, 1.54) is 6.07 Å². The van der Waals surface area contributed by atoms with Gasteiger partial charge in [-0.2, -0.15) is 13.2 Å². The number of halogens is 5. The lowest BCUT2D eigenvalue weighted by atomic mass is 10.0. The van der Waals surface area contributed by atoms with Gasteiger partial charge in [0, 0.05) is 5.02 Å². The maximum atomic E-state index is 12.8. The molecule has 2 aromatic carbocycles. The molecule has 1 unspecified atom stereocenters. The first kappa shape index (κ1) is 16.0. The summed E-state index contributed by atoms with van der Waals surface area (Å²) >= 11 is 11.9.